The third-order valence-corrected chi connectivity index (χ3v) is 6.53. The first-order valence-corrected chi connectivity index (χ1v) is 11.1. The van der Waals surface area contributed by atoms with Gasteiger partial charge >= 0.3 is 0 Å². The van der Waals surface area contributed by atoms with Gasteiger partial charge in [0.1, 0.15) is 5.75 Å². The molecule has 0 aliphatic heterocycles. The Kier molecular flexibility index (Phi) is 7.85. The maximum atomic E-state index is 6.12. The van der Waals surface area contributed by atoms with Crippen LogP contribution in [0.2, 0.25) is 0 Å². The Morgan fingerprint density at radius 2 is 1.50 bits per heavy atom. The second-order valence-electron chi connectivity index (χ2n) is 8.46. The molecule has 1 aromatic rings. The van der Waals surface area contributed by atoms with Crippen LogP contribution in [-0.2, 0) is 4.74 Å². The summed E-state index contributed by atoms with van der Waals surface area (Å²) in [6, 6.07) is 8.97. The summed E-state index contributed by atoms with van der Waals surface area (Å²) in [4.78, 5) is 0. The topological polar surface area (TPSA) is 18.5 Å². The highest BCUT2D eigenvalue weighted by atomic mass is 16.5. The van der Waals surface area contributed by atoms with Crippen LogP contribution in [0.4, 0.5) is 0 Å². The van der Waals surface area contributed by atoms with Crippen molar-refractivity contribution in [3.63, 3.8) is 0 Å². The van der Waals surface area contributed by atoms with Crippen LogP contribution < -0.4 is 4.74 Å². The normalized spacial score (nSPS) is 28.5. The molecule has 26 heavy (non-hydrogen) atoms. The fraction of sp³-hybridized carbons (Fsp3) is 0.750. The highest BCUT2D eigenvalue weighted by Gasteiger charge is 2.36. The summed E-state index contributed by atoms with van der Waals surface area (Å²) in [6.45, 7) is 6.25. The number of hydrogen-bond acceptors (Lipinski definition) is 2. The number of unbranched alkanes of at least 4 members (excludes halogenated alkanes) is 2. The molecule has 0 aromatic heterocycles. The molecule has 0 bridgehead atoms. The number of benzene rings is 1. The monoisotopic (exact) mass is 358 g/mol. The third-order valence-electron chi connectivity index (χ3n) is 6.53. The molecule has 0 unspecified atom stereocenters. The van der Waals surface area contributed by atoms with Gasteiger partial charge in [-0.05, 0) is 86.8 Å². The average Bonchev–Trinajstić information content (AvgIpc) is 2.68. The highest BCUT2D eigenvalue weighted by Crippen LogP contribution is 2.46. The van der Waals surface area contributed by atoms with E-state index in [1.54, 1.807) is 0 Å². The molecule has 2 fully saturated rings. The Labute approximate surface area is 160 Å². The van der Waals surface area contributed by atoms with Crippen molar-refractivity contribution in [2.45, 2.75) is 90.1 Å². The summed E-state index contributed by atoms with van der Waals surface area (Å²) < 4.78 is 11.9. The molecule has 2 nitrogen and oxygen atoms in total. The van der Waals surface area contributed by atoms with E-state index in [1.165, 1.54) is 63.4 Å². The lowest BCUT2D eigenvalue weighted by Gasteiger charge is -2.42. The van der Waals surface area contributed by atoms with Crippen LogP contribution in [0.15, 0.2) is 24.3 Å². The smallest absolute Gasteiger partial charge is 0.119 e. The third kappa shape index (κ3) is 5.49. The molecule has 0 saturated heterocycles. The summed E-state index contributed by atoms with van der Waals surface area (Å²) in [7, 11) is 0. The zero-order chi connectivity index (χ0) is 18.2. The Morgan fingerprint density at radius 1 is 0.808 bits per heavy atom. The van der Waals surface area contributed by atoms with Crippen LogP contribution in [0, 0.1) is 11.8 Å². The minimum Gasteiger partial charge on any atom is -0.494 e. The summed E-state index contributed by atoms with van der Waals surface area (Å²) in [5.41, 5.74) is 1.52. The first kappa shape index (κ1) is 19.7. The van der Waals surface area contributed by atoms with Crippen molar-refractivity contribution >= 4 is 0 Å². The van der Waals surface area contributed by atoms with E-state index in [2.05, 4.69) is 38.1 Å². The number of hydrogen-bond donors (Lipinski definition) is 0. The van der Waals surface area contributed by atoms with Gasteiger partial charge < -0.3 is 9.47 Å². The summed E-state index contributed by atoms with van der Waals surface area (Å²) in [5.74, 6) is 3.60. The summed E-state index contributed by atoms with van der Waals surface area (Å²) in [5, 5.41) is 0. The van der Waals surface area contributed by atoms with Gasteiger partial charge in [0.2, 0.25) is 0 Å². The van der Waals surface area contributed by atoms with E-state index >= 15 is 0 Å². The van der Waals surface area contributed by atoms with E-state index in [1.807, 2.05) is 0 Å². The molecule has 3 rings (SSSR count). The van der Waals surface area contributed by atoms with Gasteiger partial charge in [-0.3, -0.25) is 0 Å². The van der Waals surface area contributed by atoms with E-state index in [0.29, 0.717) is 6.10 Å². The molecule has 0 amide bonds. The predicted octanol–water partition coefficient (Wildman–Crippen LogP) is 6.73. The van der Waals surface area contributed by atoms with Gasteiger partial charge in [0, 0.05) is 6.61 Å². The Bertz CT molecular complexity index is 509. The highest BCUT2D eigenvalue weighted by molar-refractivity contribution is 5.30. The number of fused-ring (bicyclic) bond motifs is 1. The van der Waals surface area contributed by atoms with Gasteiger partial charge in [0.25, 0.3) is 0 Å². The van der Waals surface area contributed by atoms with Gasteiger partial charge in [-0.1, -0.05) is 38.8 Å². The molecule has 2 aliphatic carbocycles. The lowest BCUT2D eigenvalue weighted by atomic mass is 9.65. The largest absolute Gasteiger partial charge is 0.494 e. The minimum atomic E-state index is 0.541. The first-order valence-electron chi connectivity index (χ1n) is 11.1. The first-order chi connectivity index (χ1) is 12.8. The Morgan fingerprint density at radius 3 is 2.27 bits per heavy atom. The zero-order valence-electron chi connectivity index (χ0n) is 16.9. The van der Waals surface area contributed by atoms with Crippen molar-refractivity contribution in [2.75, 3.05) is 13.2 Å². The minimum absolute atomic E-state index is 0.541. The van der Waals surface area contributed by atoms with E-state index in [9.17, 15) is 0 Å². The maximum absolute atomic E-state index is 6.12. The second kappa shape index (κ2) is 10.3. The van der Waals surface area contributed by atoms with Crippen LogP contribution in [0.1, 0.15) is 89.5 Å². The van der Waals surface area contributed by atoms with E-state index in [-0.39, 0.29) is 0 Å². The van der Waals surface area contributed by atoms with Crippen molar-refractivity contribution < 1.29 is 9.47 Å². The quantitative estimate of drug-likeness (QED) is 0.455. The molecule has 2 saturated carbocycles. The molecule has 2 heteroatoms. The van der Waals surface area contributed by atoms with Crippen molar-refractivity contribution in [3.05, 3.63) is 29.8 Å². The van der Waals surface area contributed by atoms with Crippen molar-refractivity contribution in [1.82, 2.24) is 0 Å². The van der Waals surface area contributed by atoms with Crippen molar-refractivity contribution in [2.24, 2.45) is 11.8 Å². The SMILES string of the molecule is CCCCOc1ccc([C@@H]2CC[C@H]3C[C@@H](OCCCC)CC[C@@H]3C2)cc1. The molecular formula is C24H38O2. The van der Waals surface area contributed by atoms with Crippen LogP contribution in [0.5, 0.6) is 5.75 Å². The summed E-state index contributed by atoms with van der Waals surface area (Å²) >= 11 is 0. The zero-order valence-corrected chi connectivity index (χ0v) is 16.9. The Balaban J connectivity index is 1.47. The molecule has 2 aliphatic rings. The lowest BCUT2D eigenvalue weighted by Crippen LogP contribution is -2.33. The van der Waals surface area contributed by atoms with Gasteiger partial charge in [-0.2, -0.15) is 0 Å². The van der Waals surface area contributed by atoms with Gasteiger partial charge in [-0.15, -0.1) is 0 Å². The molecular weight excluding hydrogens is 320 g/mol. The molecule has 4 atom stereocenters. The van der Waals surface area contributed by atoms with Gasteiger partial charge in [0.15, 0.2) is 0 Å². The number of ether oxygens (including phenoxy) is 2. The molecule has 0 radical (unpaired) electrons. The summed E-state index contributed by atoms with van der Waals surface area (Å²) in [6.07, 6.45) is 13.4. The molecule has 0 N–H and O–H groups in total. The second-order valence-corrected chi connectivity index (χ2v) is 8.46. The van der Waals surface area contributed by atoms with Gasteiger partial charge in [0.05, 0.1) is 12.7 Å². The van der Waals surface area contributed by atoms with E-state index in [0.717, 1.165) is 43.1 Å². The molecule has 0 heterocycles. The van der Waals surface area contributed by atoms with Crippen LogP contribution in [0.3, 0.4) is 0 Å². The van der Waals surface area contributed by atoms with Crippen LogP contribution in [0.25, 0.3) is 0 Å². The van der Waals surface area contributed by atoms with Gasteiger partial charge in [-0.25, -0.2) is 0 Å². The molecule has 0 spiro atoms. The molecule has 1 aromatic carbocycles. The Hall–Kier alpha value is -1.02. The fourth-order valence-corrected chi connectivity index (χ4v) is 4.87. The van der Waals surface area contributed by atoms with E-state index in [4.69, 9.17) is 9.47 Å². The van der Waals surface area contributed by atoms with Crippen molar-refractivity contribution in [3.8, 4) is 5.75 Å². The standard InChI is InChI=1S/C24H38O2/c1-3-5-15-25-23-12-9-19(10-13-23)20-7-8-22-18-24(26-16-6-4-2)14-11-21(22)17-20/h9-10,12-13,20-22,24H,3-8,11,14-18H2,1-2H3/t20-,21-,22+,24+/m1/s1. The van der Waals surface area contributed by atoms with E-state index < -0.39 is 0 Å². The lowest BCUT2D eigenvalue weighted by molar-refractivity contribution is -0.0159. The van der Waals surface area contributed by atoms with Crippen LogP contribution >= 0.6 is 0 Å². The van der Waals surface area contributed by atoms with Crippen molar-refractivity contribution in [1.29, 1.82) is 0 Å². The average molecular weight is 359 g/mol. The predicted molar refractivity (Wildman–Crippen MR) is 109 cm³/mol. The maximum Gasteiger partial charge on any atom is 0.119 e. The molecule has 146 valence electrons. The number of rotatable bonds is 9. The fourth-order valence-electron chi connectivity index (χ4n) is 4.87. The van der Waals surface area contributed by atoms with Crippen LogP contribution in [-0.4, -0.2) is 19.3 Å².